The molecule has 0 saturated heterocycles. The molecule has 2 aromatic rings. The highest BCUT2D eigenvalue weighted by atomic mass is 32.1. The lowest BCUT2D eigenvalue weighted by molar-refractivity contribution is -0.121. The van der Waals surface area contributed by atoms with Crippen LogP contribution in [0, 0.1) is 0 Å². The Hall–Kier alpha value is -1.65. The number of carbonyl (C=O) groups excluding carboxylic acids is 1. The van der Waals surface area contributed by atoms with Crippen LogP contribution in [0.1, 0.15) is 37.0 Å². The van der Waals surface area contributed by atoms with Crippen LogP contribution in [0.3, 0.4) is 0 Å². The predicted molar refractivity (Wildman–Crippen MR) is 86.3 cm³/mol. The van der Waals surface area contributed by atoms with Crippen molar-refractivity contribution in [3.8, 4) is 0 Å². The smallest absolute Gasteiger partial charge is 0.220 e. The Morgan fingerprint density at radius 2 is 2.05 bits per heavy atom. The van der Waals surface area contributed by atoms with Crippen molar-refractivity contribution < 1.29 is 9.90 Å². The van der Waals surface area contributed by atoms with Crippen molar-refractivity contribution in [2.45, 2.75) is 38.3 Å². The Kier molecular flexibility index (Phi) is 5.96. The molecule has 1 aromatic carbocycles. The Morgan fingerprint density at radius 1 is 1.29 bits per heavy atom. The maximum Gasteiger partial charge on any atom is 0.220 e. The van der Waals surface area contributed by atoms with Crippen LogP contribution in [0.25, 0.3) is 0 Å². The fourth-order valence-corrected chi connectivity index (χ4v) is 2.95. The lowest BCUT2D eigenvalue weighted by Gasteiger charge is -2.18. The first-order chi connectivity index (χ1) is 10.1. The summed E-state index contributed by atoms with van der Waals surface area (Å²) in [6, 6.07) is 11.5. The summed E-state index contributed by atoms with van der Waals surface area (Å²) in [5.41, 5.74) is 2.09. The van der Waals surface area contributed by atoms with Gasteiger partial charge in [-0.2, -0.15) is 11.3 Å². The molecule has 0 unspecified atom stereocenters. The molecule has 0 aliphatic rings. The van der Waals surface area contributed by atoms with Crippen molar-refractivity contribution in [1.82, 2.24) is 5.32 Å². The first-order valence-electron chi connectivity index (χ1n) is 7.18. The second-order valence-corrected chi connectivity index (χ2v) is 6.04. The molecule has 1 aromatic heterocycles. The van der Waals surface area contributed by atoms with Crippen LogP contribution in [-0.2, 0) is 11.2 Å². The highest BCUT2D eigenvalue weighted by molar-refractivity contribution is 7.07. The first-order valence-corrected chi connectivity index (χ1v) is 8.13. The third-order valence-corrected chi connectivity index (χ3v) is 4.12. The molecule has 1 heterocycles. The van der Waals surface area contributed by atoms with E-state index in [1.165, 1.54) is 5.56 Å². The van der Waals surface area contributed by atoms with Crippen molar-refractivity contribution >= 4 is 17.2 Å². The van der Waals surface area contributed by atoms with E-state index < -0.39 is 6.10 Å². The van der Waals surface area contributed by atoms with Gasteiger partial charge in [-0.15, -0.1) is 0 Å². The molecule has 0 radical (unpaired) electrons. The summed E-state index contributed by atoms with van der Waals surface area (Å²) < 4.78 is 0. The fourth-order valence-electron chi connectivity index (χ4n) is 2.24. The lowest BCUT2D eigenvalue weighted by atomic mass is 10.0. The van der Waals surface area contributed by atoms with Crippen LogP contribution < -0.4 is 5.32 Å². The zero-order valence-corrected chi connectivity index (χ0v) is 13.0. The van der Waals surface area contributed by atoms with Crippen molar-refractivity contribution in [2.75, 3.05) is 0 Å². The van der Waals surface area contributed by atoms with Gasteiger partial charge in [0.1, 0.15) is 0 Å². The maximum absolute atomic E-state index is 11.9. The number of carbonyl (C=O) groups is 1. The number of aliphatic hydroxyl groups is 1. The second-order valence-electron chi connectivity index (χ2n) is 5.26. The Bertz CT molecular complexity index is 539. The predicted octanol–water partition coefficient (Wildman–Crippen LogP) is 3.31. The van der Waals surface area contributed by atoms with Gasteiger partial charge in [0, 0.05) is 12.5 Å². The average Bonchev–Trinajstić information content (AvgIpc) is 2.99. The molecule has 0 aliphatic carbocycles. The van der Waals surface area contributed by atoms with E-state index in [0.29, 0.717) is 12.8 Å². The number of thiophene rings is 1. The van der Waals surface area contributed by atoms with Crippen LogP contribution in [0.5, 0.6) is 0 Å². The number of aryl methyl sites for hydroxylation is 1. The van der Waals surface area contributed by atoms with Gasteiger partial charge < -0.3 is 10.4 Å². The van der Waals surface area contributed by atoms with Gasteiger partial charge in [0.05, 0.1) is 6.10 Å². The summed E-state index contributed by atoms with van der Waals surface area (Å²) in [6.07, 6.45) is 1.23. The zero-order chi connectivity index (χ0) is 15.1. The number of benzene rings is 1. The number of aliphatic hydroxyl groups excluding tert-OH is 1. The minimum Gasteiger partial charge on any atom is -0.388 e. The standard InChI is InChI=1S/C17H21NO2S/c1-13(11-16(19)15-5-3-2-4-6-15)18-17(20)8-7-14-9-10-21-12-14/h2-6,9-10,12-13,16,19H,7-8,11H2,1H3,(H,18,20)/t13-,16-/m1/s1. The van der Waals surface area contributed by atoms with Gasteiger partial charge in [-0.25, -0.2) is 0 Å². The van der Waals surface area contributed by atoms with Crippen molar-refractivity contribution in [2.24, 2.45) is 0 Å². The first kappa shape index (κ1) is 15.7. The molecule has 2 rings (SSSR count). The summed E-state index contributed by atoms with van der Waals surface area (Å²) in [5.74, 6) is 0.0361. The SMILES string of the molecule is C[C@H](C[C@@H](O)c1ccccc1)NC(=O)CCc1ccsc1. The minimum atomic E-state index is -0.543. The summed E-state index contributed by atoms with van der Waals surface area (Å²) in [4.78, 5) is 11.9. The molecule has 3 nitrogen and oxygen atoms in total. The molecule has 21 heavy (non-hydrogen) atoms. The third-order valence-electron chi connectivity index (χ3n) is 3.39. The van der Waals surface area contributed by atoms with Crippen LogP contribution in [-0.4, -0.2) is 17.1 Å². The van der Waals surface area contributed by atoms with Crippen LogP contribution >= 0.6 is 11.3 Å². The molecule has 2 N–H and O–H groups in total. The van der Waals surface area contributed by atoms with E-state index in [4.69, 9.17) is 0 Å². The van der Waals surface area contributed by atoms with E-state index in [0.717, 1.165) is 12.0 Å². The van der Waals surface area contributed by atoms with Crippen LogP contribution in [0.4, 0.5) is 0 Å². The Labute approximate surface area is 129 Å². The van der Waals surface area contributed by atoms with E-state index in [1.54, 1.807) is 11.3 Å². The Balaban J connectivity index is 1.73. The van der Waals surface area contributed by atoms with Crippen molar-refractivity contribution in [3.05, 3.63) is 58.3 Å². The molecular formula is C17H21NO2S. The summed E-state index contributed by atoms with van der Waals surface area (Å²) in [7, 11) is 0. The molecule has 4 heteroatoms. The largest absolute Gasteiger partial charge is 0.388 e. The number of hydrogen-bond donors (Lipinski definition) is 2. The van der Waals surface area contributed by atoms with E-state index in [1.807, 2.05) is 48.7 Å². The van der Waals surface area contributed by atoms with Crippen molar-refractivity contribution in [1.29, 1.82) is 0 Å². The van der Waals surface area contributed by atoms with E-state index in [2.05, 4.69) is 10.7 Å². The highest BCUT2D eigenvalue weighted by Gasteiger charge is 2.14. The van der Waals surface area contributed by atoms with Gasteiger partial charge in [0.15, 0.2) is 0 Å². The van der Waals surface area contributed by atoms with Gasteiger partial charge in [0.2, 0.25) is 5.91 Å². The van der Waals surface area contributed by atoms with Crippen LogP contribution in [0.15, 0.2) is 47.2 Å². The van der Waals surface area contributed by atoms with Gasteiger partial charge >= 0.3 is 0 Å². The molecule has 1 amide bonds. The Morgan fingerprint density at radius 3 is 2.71 bits per heavy atom. The zero-order valence-electron chi connectivity index (χ0n) is 12.2. The summed E-state index contributed by atoms with van der Waals surface area (Å²) in [6.45, 7) is 1.93. The van der Waals surface area contributed by atoms with E-state index >= 15 is 0 Å². The monoisotopic (exact) mass is 303 g/mol. The molecule has 0 bridgehead atoms. The summed E-state index contributed by atoms with van der Waals surface area (Å²) in [5, 5.41) is 17.2. The van der Waals surface area contributed by atoms with Crippen molar-refractivity contribution in [3.63, 3.8) is 0 Å². The minimum absolute atomic E-state index is 0.0361. The fraction of sp³-hybridized carbons (Fsp3) is 0.353. The third kappa shape index (κ3) is 5.33. The molecule has 0 fully saturated rings. The number of rotatable bonds is 7. The summed E-state index contributed by atoms with van der Waals surface area (Å²) >= 11 is 1.65. The average molecular weight is 303 g/mol. The second kappa shape index (κ2) is 7.96. The molecule has 0 spiro atoms. The molecule has 0 aliphatic heterocycles. The molecule has 112 valence electrons. The lowest BCUT2D eigenvalue weighted by Crippen LogP contribution is -2.33. The maximum atomic E-state index is 11.9. The number of amides is 1. The quantitative estimate of drug-likeness (QED) is 0.824. The normalized spacial score (nSPS) is 13.6. The topological polar surface area (TPSA) is 49.3 Å². The molecule has 2 atom stereocenters. The van der Waals surface area contributed by atoms with Crippen LogP contribution in [0.2, 0.25) is 0 Å². The molecular weight excluding hydrogens is 282 g/mol. The van der Waals surface area contributed by atoms with E-state index in [9.17, 15) is 9.90 Å². The van der Waals surface area contributed by atoms with E-state index in [-0.39, 0.29) is 11.9 Å². The highest BCUT2D eigenvalue weighted by Crippen LogP contribution is 2.17. The van der Waals surface area contributed by atoms with Gasteiger partial charge in [-0.1, -0.05) is 30.3 Å². The van der Waals surface area contributed by atoms with Gasteiger partial charge in [-0.05, 0) is 47.7 Å². The van der Waals surface area contributed by atoms with Gasteiger partial charge in [0.25, 0.3) is 0 Å². The number of nitrogens with one attached hydrogen (secondary N) is 1. The number of hydrogen-bond acceptors (Lipinski definition) is 3. The van der Waals surface area contributed by atoms with Gasteiger partial charge in [-0.3, -0.25) is 4.79 Å². The molecule has 0 saturated carbocycles.